The van der Waals surface area contributed by atoms with Crippen LogP contribution in [-0.2, 0) is 9.53 Å². The summed E-state index contributed by atoms with van der Waals surface area (Å²) in [6.07, 6.45) is -0.914. The van der Waals surface area contributed by atoms with E-state index in [4.69, 9.17) is 16.3 Å². The Labute approximate surface area is 153 Å². The molecule has 1 N–H and O–H groups in total. The summed E-state index contributed by atoms with van der Waals surface area (Å²) in [5, 5.41) is 3.42. The molecule has 0 saturated heterocycles. The summed E-state index contributed by atoms with van der Waals surface area (Å²) in [5.41, 5.74) is 3.14. The molecule has 132 valence electrons. The summed E-state index contributed by atoms with van der Waals surface area (Å²) in [4.78, 5) is 24.6. The van der Waals surface area contributed by atoms with Gasteiger partial charge in [-0.25, -0.2) is 4.79 Å². The number of aryl methyl sites for hydroxylation is 1. The molecular formula is C20H22ClNO3. The highest BCUT2D eigenvalue weighted by Crippen LogP contribution is 2.27. The minimum Gasteiger partial charge on any atom is -0.449 e. The van der Waals surface area contributed by atoms with Crippen LogP contribution in [0.15, 0.2) is 42.5 Å². The maximum Gasteiger partial charge on any atom is 0.338 e. The van der Waals surface area contributed by atoms with Gasteiger partial charge in [0.25, 0.3) is 5.91 Å². The summed E-state index contributed by atoms with van der Waals surface area (Å²) in [5.74, 6) is -0.658. The molecule has 0 spiro atoms. The first-order valence-electron chi connectivity index (χ1n) is 8.16. The first-order chi connectivity index (χ1) is 11.8. The van der Waals surface area contributed by atoms with Crippen molar-refractivity contribution in [2.45, 2.75) is 39.7 Å². The fourth-order valence-electron chi connectivity index (χ4n) is 2.44. The Hall–Kier alpha value is -2.33. The van der Waals surface area contributed by atoms with Gasteiger partial charge in [0.2, 0.25) is 0 Å². The number of carbonyl (C=O) groups is 2. The van der Waals surface area contributed by atoms with E-state index in [2.05, 4.69) is 19.2 Å². The van der Waals surface area contributed by atoms with Crippen molar-refractivity contribution in [2.24, 2.45) is 0 Å². The monoisotopic (exact) mass is 359 g/mol. The second kappa shape index (κ2) is 8.17. The van der Waals surface area contributed by atoms with Crippen LogP contribution in [0.2, 0.25) is 5.02 Å². The molecule has 0 aromatic heterocycles. The second-order valence-electron chi connectivity index (χ2n) is 6.24. The summed E-state index contributed by atoms with van der Waals surface area (Å²) in [7, 11) is 0. The Bertz CT molecular complexity index is 769. The largest absolute Gasteiger partial charge is 0.449 e. The van der Waals surface area contributed by atoms with Crippen LogP contribution in [0.25, 0.3) is 0 Å². The fourth-order valence-corrected chi connectivity index (χ4v) is 2.56. The molecule has 0 heterocycles. The summed E-state index contributed by atoms with van der Waals surface area (Å²) in [6, 6.07) is 12.2. The van der Waals surface area contributed by atoms with Gasteiger partial charge in [-0.1, -0.05) is 43.6 Å². The van der Waals surface area contributed by atoms with E-state index < -0.39 is 12.1 Å². The van der Waals surface area contributed by atoms with Gasteiger partial charge >= 0.3 is 5.97 Å². The van der Waals surface area contributed by atoms with Gasteiger partial charge in [0.05, 0.1) is 5.56 Å². The number of amides is 1. The predicted molar refractivity (Wildman–Crippen MR) is 100 cm³/mol. The lowest BCUT2D eigenvalue weighted by Gasteiger charge is -2.19. The standard InChI is InChI=1S/C20H22ClNO3/c1-12(2)17-7-5-6-13(3)18(17)22-19(23)14(4)25-20(24)15-8-10-16(21)11-9-15/h5-12,14H,1-4H3,(H,22,23)/t14-/m1/s1. The van der Waals surface area contributed by atoms with Crippen molar-refractivity contribution in [3.63, 3.8) is 0 Å². The quantitative estimate of drug-likeness (QED) is 0.768. The Kier molecular flexibility index (Phi) is 6.21. The third-order valence-corrected chi connectivity index (χ3v) is 4.16. The van der Waals surface area contributed by atoms with Crippen molar-refractivity contribution in [1.82, 2.24) is 0 Å². The number of carbonyl (C=O) groups excluding carboxylic acids is 2. The van der Waals surface area contributed by atoms with Crippen LogP contribution < -0.4 is 5.32 Å². The third-order valence-electron chi connectivity index (χ3n) is 3.91. The normalized spacial score (nSPS) is 11.9. The van der Waals surface area contributed by atoms with E-state index in [0.29, 0.717) is 10.6 Å². The van der Waals surface area contributed by atoms with Crippen LogP contribution in [0.1, 0.15) is 48.2 Å². The van der Waals surface area contributed by atoms with Crippen LogP contribution in [0.4, 0.5) is 5.69 Å². The molecule has 4 nitrogen and oxygen atoms in total. The number of halogens is 1. The van der Waals surface area contributed by atoms with Gasteiger partial charge in [0.1, 0.15) is 0 Å². The average Bonchev–Trinajstić information content (AvgIpc) is 2.56. The molecule has 0 aliphatic carbocycles. The predicted octanol–water partition coefficient (Wildman–Crippen LogP) is 4.96. The smallest absolute Gasteiger partial charge is 0.338 e. The van der Waals surface area contributed by atoms with Crippen molar-refractivity contribution < 1.29 is 14.3 Å². The zero-order chi connectivity index (χ0) is 18.6. The Morgan fingerprint density at radius 2 is 1.68 bits per heavy atom. The molecule has 5 heteroatoms. The molecule has 0 aliphatic heterocycles. The van der Waals surface area contributed by atoms with Gasteiger partial charge in [-0.3, -0.25) is 4.79 Å². The highest BCUT2D eigenvalue weighted by atomic mass is 35.5. The Morgan fingerprint density at radius 3 is 2.28 bits per heavy atom. The number of para-hydroxylation sites is 1. The lowest BCUT2D eigenvalue weighted by molar-refractivity contribution is -0.123. The minimum atomic E-state index is -0.914. The number of benzene rings is 2. The maximum absolute atomic E-state index is 12.5. The first kappa shape index (κ1) is 19.0. The topological polar surface area (TPSA) is 55.4 Å². The molecule has 0 fully saturated rings. The highest BCUT2D eigenvalue weighted by molar-refractivity contribution is 6.30. The van der Waals surface area contributed by atoms with E-state index in [9.17, 15) is 9.59 Å². The highest BCUT2D eigenvalue weighted by Gasteiger charge is 2.21. The Morgan fingerprint density at radius 1 is 1.04 bits per heavy atom. The summed E-state index contributed by atoms with van der Waals surface area (Å²) in [6.45, 7) is 7.62. The van der Waals surface area contributed by atoms with Crippen LogP contribution in [0, 0.1) is 6.92 Å². The van der Waals surface area contributed by atoms with Crippen LogP contribution in [0.5, 0.6) is 0 Å². The van der Waals surface area contributed by atoms with Crippen LogP contribution >= 0.6 is 11.6 Å². The van der Waals surface area contributed by atoms with Crippen molar-refractivity contribution in [1.29, 1.82) is 0 Å². The van der Waals surface area contributed by atoms with E-state index in [1.54, 1.807) is 31.2 Å². The Balaban J connectivity index is 2.08. The molecule has 25 heavy (non-hydrogen) atoms. The number of esters is 1. The minimum absolute atomic E-state index is 0.266. The molecule has 1 amide bonds. The van der Waals surface area contributed by atoms with Crippen molar-refractivity contribution in [3.05, 3.63) is 64.2 Å². The molecule has 0 bridgehead atoms. The van der Waals surface area contributed by atoms with Crippen LogP contribution in [-0.4, -0.2) is 18.0 Å². The van der Waals surface area contributed by atoms with Gasteiger partial charge in [0.15, 0.2) is 6.10 Å². The number of anilines is 1. The molecule has 0 saturated carbocycles. The van der Waals surface area contributed by atoms with Gasteiger partial charge in [0, 0.05) is 10.7 Å². The van der Waals surface area contributed by atoms with E-state index in [-0.39, 0.29) is 11.8 Å². The first-order valence-corrected chi connectivity index (χ1v) is 8.54. The molecule has 2 rings (SSSR count). The van der Waals surface area contributed by atoms with Crippen molar-refractivity contribution in [2.75, 3.05) is 5.32 Å². The summed E-state index contributed by atoms with van der Waals surface area (Å²) < 4.78 is 5.26. The van der Waals surface area contributed by atoms with Gasteiger partial charge in [-0.15, -0.1) is 0 Å². The van der Waals surface area contributed by atoms with E-state index in [0.717, 1.165) is 16.8 Å². The van der Waals surface area contributed by atoms with Gasteiger partial charge in [-0.05, 0) is 55.2 Å². The van der Waals surface area contributed by atoms with Gasteiger partial charge < -0.3 is 10.1 Å². The number of nitrogens with one attached hydrogen (secondary N) is 1. The molecule has 0 aliphatic rings. The number of hydrogen-bond acceptors (Lipinski definition) is 3. The molecule has 1 atom stereocenters. The lowest BCUT2D eigenvalue weighted by atomic mass is 9.98. The van der Waals surface area contributed by atoms with E-state index >= 15 is 0 Å². The van der Waals surface area contributed by atoms with E-state index in [1.165, 1.54) is 0 Å². The van der Waals surface area contributed by atoms with E-state index in [1.807, 2.05) is 25.1 Å². The molecule has 0 radical (unpaired) electrons. The third kappa shape index (κ3) is 4.83. The molecule has 2 aromatic carbocycles. The second-order valence-corrected chi connectivity index (χ2v) is 6.67. The molecule has 0 unspecified atom stereocenters. The van der Waals surface area contributed by atoms with Gasteiger partial charge in [-0.2, -0.15) is 0 Å². The molecule has 2 aromatic rings. The van der Waals surface area contributed by atoms with Crippen LogP contribution in [0.3, 0.4) is 0 Å². The zero-order valence-electron chi connectivity index (χ0n) is 14.8. The number of rotatable bonds is 5. The maximum atomic E-state index is 12.5. The van der Waals surface area contributed by atoms with Crippen molar-refractivity contribution >= 4 is 29.2 Å². The van der Waals surface area contributed by atoms with Crippen molar-refractivity contribution in [3.8, 4) is 0 Å². The molecular weight excluding hydrogens is 338 g/mol. The lowest BCUT2D eigenvalue weighted by Crippen LogP contribution is -2.30. The number of ether oxygens (including phenoxy) is 1. The zero-order valence-corrected chi connectivity index (χ0v) is 15.6. The fraction of sp³-hybridized carbons (Fsp3) is 0.300. The number of hydrogen-bond donors (Lipinski definition) is 1. The average molecular weight is 360 g/mol. The SMILES string of the molecule is Cc1cccc(C(C)C)c1NC(=O)[C@@H](C)OC(=O)c1ccc(Cl)cc1. The summed E-state index contributed by atoms with van der Waals surface area (Å²) >= 11 is 5.80.